The van der Waals surface area contributed by atoms with Crippen molar-refractivity contribution >= 4 is 43.3 Å². The minimum atomic E-state index is -3.10. The summed E-state index contributed by atoms with van der Waals surface area (Å²) in [5.41, 5.74) is 0.285. The van der Waals surface area contributed by atoms with E-state index in [2.05, 4.69) is 0 Å². The third-order valence-electron chi connectivity index (χ3n) is 6.83. The van der Waals surface area contributed by atoms with Gasteiger partial charge in [0.25, 0.3) is 5.91 Å². The van der Waals surface area contributed by atoms with Crippen molar-refractivity contribution in [3.8, 4) is 0 Å². The van der Waals surface area contributed by atoms with Gasteiger partial charge in [-0.15, -0.1) is 11.3 Å². The highest BCUT2D eigenvalue weighted by Crippen LogP contribution is 2.41. The largest absolute Gasteiger partial charge is 0.455 e. The summed E-state index contributed by atoms with van der Waals surface area (Å²) in [4.78, 5) is 32.6. The molecule has 0 bridgehead atoms. The minimum absolute atomic E-state index is 0.00572. The zero-order valence-corrected chi connectivity index (χ0v) is 20.8. The molecule has 1 aliphatic carbocycles. The lowest BCUT2D eigenvalue weighted by atomic mass is 9.72. The molecule has 2 aliphatic rings. The van der Waals surface area contributed by atoms with E-state index in [4.69, 9.17) is 9.72 Å². The normalized spacial score (nSPS) is 21.7. The van der Waals surface area contributed by atoms with E-state index in [0.29, 0.717) is 19.4 Å². The average molecular weight is 493 g/mol. The van der Waals surface area contributed by atoms with Crippen LogP contribution in [-0.2, 0) is 30.6 Å². The van der Waals surface area contributed by atoms with Crippen LogP contribution in [0.3, 0.4) is 0 Å². The third kappa shape index (κ3) is 5.57. The first-order chi connectivity index (χ1) is 15.8. The molecule has 1 saturated heterocycles. The van der Waals surface area contributed by atoms with Crippen LogP contribution < -0.4 is 0 Å². The van der Waals surface area contributed by atoms with Crippen LogP contribution in [0.25, 0.3) is 10.2 Å². The van der Waals surface area contributed by atoms with Gasteiger partial charge < -0.3 is 9.64 Å². The second-order valence-corrected chi connectivity index (χ2v) is 12.7. The topological polar surface area (TPSA) is 93.6 Å². The molecule has 9 heteroatoms. The van der Waals surface area contributed by atoms with Crippen molar-refractivity contribution in [3.05, 3.63) is 29.3 Å². The van der Waals surface area contributed by atoms with Gasteiger partial charge in [-0.05, 0) is 37.8 Å². The number of nitrogens with zero attached hydrogens (tertiary/aromatic N) is 2. The molecule has 2 fully saturated rings. The molecule has 1 amide bonds. The Hall–Kier alpha value is -2.00. The van der Waals surface area contributed by atoms with Crippen molar-refractivity contribution in [2.75, 3.05) is 24.7 Å². The molecule has 0 N–H and O–H groups in total. The smallest absolute Gasteiger partial charge is 0.313 e. The van der Waals surface area contributed by atoms with Crippen molar-refractivity contribution in [2.45, 2.75) is 64.3 Å². The number of carbonyl (C=O) groups is 2. The summed E-state index contributed by atoms with van der Waals surface area (Å²) < 4.78 is 30.5. The minimum Gasteiger partial charge on any atom is -0.455 e. The molecule has 1 aromatic carbocycles. The number of carbonyl (C=O) groups excluding carboxylic acids is 2. The van der Waals surface area contributed by atoms with Crippen LogP contribution in [0, 0.1) is 5.41 Å². The maximum atomic E-state index is 13.3. The number of amides is 1. The van der Waals surface area contributed by atoms with Crippen molar-refractivity contribution in [1.82, 2.24) is 9.88 Å². The third-order valence-corrected chi connectivity index (χ3v) is 9.62. The van der Waals surface area contributed by atoms with E-state index in [1.54, 1.807) is 16.2 Å². The quantitative estimate of drug-likeness (QED) is 0.521. The highest BCUT2D eigenvalue weighted by molar-refractivity contribution is 7.91. The fourth-order valence-electron chi connectivity index (χ4n) is 5.10. The van der Waals surface area contributed by atoms with Gasteiger partial charge in [0.05, 0.1) is 32.1 Å². The first kappa shape index (κ1) is 24.1. The molecule has 1 atom stereocenters. The summed E-state index contributed by atoms with van der Waals surface area (Å²) in [6.07, 6.45) is 6.16. The first-order valence-electron chi connectivity index (χ1n) is 11.8. The zero-order chi connectivity index (χ0) is 23.5. The number of sulfone groups is 1. The maximum Gasteiger partial charge on any atom is 0.313 e. The molecule has 180 valence electrons. The molecule has 0 spiro atoms. The van der Waals surface area contributed by atoms with Crippen LogP contribution in [0.4, 0.5) is 0 Å². The number of hydrogen-bond acceptors (Lipinski definition) is 7. The van der Waals surface area contributed by atoms with E-state index in [1.807, 2.05) is 31.2 Å². The summed E-state index contributed by atoms with van der Waals surface area (Å²) in [6, 6.07) is 7.63. The van der Waals surface area contributed by atoms with Crippen molar-refractivity contribution in [3.63, 3.8) is 0 Å². The van der Waals surface area contributed by atoms with Crippen LogP contribution in [0.2, 0.25) is 0 Å². The molecular weight excluding hydrogens is 460 g/mol. The SMILES string of the molecule is CCCN(C(=O)COC(=O)C1(Cc2nc3ccccc3s2)CCCCC1)C1CCS(=O)(=O)C1. The second-order valence-electron chi connectivity index (χ2n) is 9.31. The molecule has 2 heterocycles. The molecular formula is C24H32N2O5S2. The summed E-state index contributed by atoms with van der Waals surface area (Å²) in [6.45, 7) is 2.08. The van der Waals surface area contributed by atoms with Gasteiger partial charge >= 0.3 is 5.97 Å². The summed E-state index contributed by atoms with van der Waals surface area (Å²) >= 11 is 1.61. The molecule has 1 saturated carbocycles. The molecule has 1 aliphatic heterocycles. The number of rotatable bonds is 8. The Balaban J connectivity index is 1.44. The van der Waals surface area contributed by atoms with E-state index in [1.165, 1.54) is 0 Å². The van der Waals surface area contributed by atoms with Gasteiger partial charge in [-0.25, -0.2) is 13.4 Å². The Morgan fingerprint density at radius 2 is 1.97 bits per heavy atom. The molecule has 0 radical (unpaired) electrons. The van der Waals surface area contributed by atoms with Crippen LogP contribution in [-0.4, -0.2) is 60.9 Å². The number of esters is 1. The predicted octanol–water partition coefficient (Wildman–Crippen LogP) is 3.76. The maximum absolute atomic E-state index is 13.3. The number of thiazole rings is 1. The Bertz CT molecular complexity index is 1070. The number of para-hydroxylation sites is 1. The van der Waals surface area contributed by atoms with Gasteiger partial charge in [-0.1, -0.05) is 38.3 Å². The molecule has 1 aromatic heterocycles. The van der Waals surface area contributed by atoms with Gasteiger partial charge in [0.15, 0.2) is 16.4 Å². The monoisotopic (exact) mass is 492 g/mol. The number of benzene rings is 1. The average Bonchev–Trinajstić information content (AvgIpc) is 3.37. The van der Waals surface area contributed by atoms with Crippen LogP contribution >= 0.6 is 11.3 Å². The summed E-state index contributed by atoms with van der Waals surface area (Å²) in [5.74, 6) is -0.534. The predicted molar refractivity (Wildman–Crippen MR) is 129 cm³/mol. The standard InChI is InChI=1S/C24H32N2O5S2/c1-2-13-26(18-10-14-33(29,30)17-18)22(27)16-31-23(28)24(11-6-3-7-12-24)15-21-25-19-8-4-5-9-20(19)32-21/h4-5,8-9,18H,2-3,6-7,10-17H2,1H3. The number of ether oxygens (including phenoxy) is 1. The second kappa shape index (κ2) is 10.1. The van der Waals surface area contributed by atoms with E-state index in [-0.39, 0.29) is 36.0 Å². The van der Waals surface area contributed by atoms with Gasteiger partial charge in [-0.3, -0.25) is 9.59 Å². The van der Waals surface area contributed by atoms with E-state index in [0.717, 1.165) is 53.7 Å². The molecule has 4 rings (SSSR count). The van der Waals surface area contributed by atoms with Crippen molar-refractivity contribution < 1.29 is 22.7 Å². The number of aromatic nitrogens is 1. The number of hydrogen-bond donors (Lipinski definition) is 0. The van der Waals surface area contributed by atoms with Gasteiger partial charge in [0, 0.05) is 19.0 Å². The summed E-state index contributed by atoms with van der Waals surface area (Å²) in [5, 5.41) is 0.921. The zero-order valence-electron chi connectivity index (χ0n) is 19.1. The van der Waals surface area contributed by atoms with Crippen molar-refractivity contribution in [2.24, 2.45) is 5.41 Å². The van der Waals surface area contributed by atoms with E-state index < -0.39 is 15.3 Å². The lowest BCUT2D eigenvalue weighted by Crippen LogP contribution is -2.45. The summed E-state index contributed by atoms with van der Waals surface area (Å²) in [7, 11) is -3.10. The van der Waals surface area contributed by atoms with Crippen LogP contribution in [0.5, 0.6) is 0 Å². The Kier molecular flexibility index (Phi) is 7.38. The Labute approximate surface area is 199 Å². The van der Waals surface area contributed by atoms with E-state index in [9.17, 15) is 18.0 Å². The Morgan fingerprint density at radius 3 is 2.64 bits per heavy atom. The molecule has 2 aromatic rings. The molecule has 1 unspecified atom stereocenters. The van der Waals surface area contributed by atoms with E-state index >= 15 is 0 Å². The fraction of sp³-hybridized carbons (Fsp3) is 0.625. The van der Waals surface area contributed by atoms with Gasteiger partial charge in [0.1, 0.15) is 0 Å². The highest BCUT2D eigenvalue weighted by atomic mass is 32.2. The van der Waals surface area contributed by atoms with Crippen molar-refractivity contribution in [1.29, 1.82) is 0 Å². The van der Waals surface area contributed by atoms with Crippen LogP contribution in [0.1, 0.15) is 56.9 Å². The lowest BCUT2D eigenvalue weighted by molar-refractivity contribution is -0.163. The lowest BCUT2D eigenvalue weighted by Gasteiger charge is -2.34. The van der Waals surface area contributed by atoms with Gasteiger partial charge in [-0.2, -0.15) is 0 Å². The molecule has 33 heavy (non-hydrogen) atoms. The number of fused-ring (bicyclic) bond motifs is 1. The highest BCUT2D eigenvalue weighted by Gasteiger charge is 2.42. The first-order valence-corrected chi connectivity index (χ1v) is 14.5. The Morgan fingerprint density at radius 1 is 1.21 bits per heavy atom. The van der Waals surface area contributed by atoms with Crippen LogP contribution in [0.15, 0.2) is 24.3 Å². The fourth-order valence-corrected chi connectivity index (χ4v) is 7.94. The molecule has 7 nitrogen and oxygen atoms in total. The van der Waals surface area contributed by atoms with Gasteiger partial charge in [0.2, 0.25) is 0 Å².